The number of benzene rings is 2. The molecule has 0 aliphatic carbocycles. The largest absolute Gasteiger partial charge is 0.326 e. The Hall–Kier alpha value is -1.60. The van der Waals surface area contributed by atoms with Gasteiger partial charge in [0.05, 0.1) is 0 Å². The van der Waals surface area contributed by atoms with Crippen molar-refractivity contribution in [3.63, 3.8) is 0 Å². The topological polar surface area (TPSA) is 26.0 Å². The highest BCUT2D eigenvalue weighted by atomic mass is 14.5. The molecule has 0 unspecified atom stereocenters. The van der Waals surface area contributed by atoms with Gasteiger partial charge in [0.1, 0.15) is 0 Å². The number of nitrogens with two attached hydrogens (primary N) is 1. The summed E-state index contributed by atoms with van der Waals surface area (Å²) in [6, 6.07) is 17.2. The van der Waals surface area contributed by atoms with Crippen molar-refractivity contribution in [3.05, 3.63) is 59.7 Å². The minimum atomic E-state index is 0.583. The van der Waals surface area contributed by atoms with Crippen molar-refractivity contribution < 1.29 is 0 Å². The first-order chi connectivity index (χ1) is 8.20. The van der Waals surface area contributed by atoms with Crippen LogP contribution in [-0.4, -0.2) is 0 Å². The van der Waals surface area contributed by atoms with E-state index in [0.717, 1.165) is 0 Å². The predicted octanol–water partition coefficient (Wildman–Crippen LogP) is 3.94. The zero-order valence-electron chi connectivity index (χ0n) is 10.5. The van der Waals surface area contributed by atoms with Crippen molar-refractivity contribution >= 4 is 0 Å². The van der Waals surface area contributed by atoms with Crippen molar-refractivity contribution in [2.45, 2.75) is 26.3 Å². The van der Waals surface area contributed by atoms with Gasteiger partial charge in [-0.15, -0.1) is 0 Å². The summed E-state index contributed by atoms with van der Waals surface area (Å²) in [5.41, 5.74) is 10.7. The summed E-state index contributed by atoms with van der Waals surface area (Å²) in [4.78, 5) is 0. The predicted molar refractivity (Wildman–Crippen MR) is 73.9 cm³/mol. The Morgan fingerprint density at radius 2 is 1.65 bits per heavy atom. The molecule has 0 radical (unpaired) electrons. The second kappa shape index (κ2) is 5.15. The van der Waals surface area contributed by atoms with Gasteiger partial charge in [-0.3, -0.25) is 0 Å². The fraction of sp³-hybridized carbons (Fsp3) is 0.250. The van der Waals surface area contributed by atoms with Crippen molar-refractivity contribution in [2.75, 3.05) is 0 Å². The normalized spacial score (nSPS) is 10.8. The molecule has 1 nitrogen and oxygen atoms in total. The van der Waals surface area contributed by atoms with Gasteiger partial charge < -0.3 is 5.73 Å². The van der Waals surface area contributed by atoms with Crippen LogP contribution in [0.2, 0.25) is 0 Å². The molecule has 0 saturated carbocycles. The van der Waals surface area contributed by atoms with E-state index in [-0.39, 0.29) is 0 Å². The Balaban J connectivity index is 2.32. The Kier molecular flexibility index (Phi) is 3.60. The molecule has 0 amide bonds. The zero-order valence-corrected chi connectivity index (χ0v) is 10.5. The molecule has 0 heterocycles. The maximum atomic E-state index is 5.66. The maximum Gasteiger partial charge on any atom is 0.0178 e. The molecule has 0 bridgehead atoms. The fourth-order valence-electron chi connectivity index (χ4n) is 1.94. The minimum Gasteiger partial charge on any atom is -0.326 e. The second-order valence-corrected chi connectivity index (χ2v) is 4.68. The van der Waals surface area contributed by atoms with Crippen LogP contribution in [0.25, 0.3) is 11.1 Å². The Bertz CT molecular complexity index is 483. The van der Waals surface area contributed by atoms with Crippen LogP contribution in [0.3, 0.4) is 0 Å². The molecule has 17 heavy (non-hydrogen) atoms. The molecule has 0 aliphatic rings. The van der Waals surface area contributed by atoms with Crippen LogP contribution >= 0.6 is 0 Å². The summed E-state index contributed by atoms with van der Waals surface area (Å²) in [7, 11) is 0. The minimum absolute atomic E-state index is 0.583. The third kappa shape index (κ3) is 2.75. The monoisotopic (exact) mass is 225 g/mol. The summed E-state index contributed by atoms with van der Waals surface area (Å²) < 4.78 is 0. The van der Waals surface area contributed by atoms with E-state index in [4.69, 9.17) is 5.73 Å². The molecular formula is C16H19N. The SMILES string of the molecule is CC(C)c1ccc(-c2cccc(CN)c2)cc1. The van der Waals surface area contributed by atoms with E-state index in [2.05, 4.69) is 62.4 Å². The molecule has 0 spiro atoms. The highest BCUT2D eigenvalue weighted by Crippen LogP contribution is 2.23. The molecule has 2 N–H and O–H groups in total. The van der Waals surface area contributed by atoms with Gasteiger partial charge in [-0.2, -0.15) is 0 Å². The zero-order chi connectivity index (χ0) is 12.3. The number of hydrogen-bond acceptors (Lipinski definition) is 1. The van der Waals surface area contributed by atoms with Gasteiger partial charge in [0, 0.05) is 6.54 Å². The quantitative estimate of drug-likeness (QED) is 0.841. The van der Waals surface area contributed by atoms with Crippen molar-refractivity contribution in [1.82, 2.24) is 0 Å². The summed E-state index contributed by atoms with van der Waals surface area (Å²) >= 11 is 0. The van der Waals surface area contributed by atoms with E-state index in [1.54, 1.807) is 0 Å². The van der Waals surface area contributed by atoms with Crippen molar-refractivity contribution in [1.29, 1.82) is 0 Å². The standard InChI is InChI=1S/C16H19N/c1-12(2)14-6-8-15(9-7-14)16-5-3-4-13(10-16)11-17/h3-10,12H,11,17H2,1-2H3. The average molecular weight is 225 g/mol. The molecule has 2 aromatic rings. The molecule has 1 heteroatoms. The highest BCUT2D eigenvalue weighted by molar-refractivity contribution is 5.64. The van der Waals surface area contributed by atoms with E-state index in [1.807, 2.05) is 0 Å². The summed E-state index contributed by atoms with van der Waals surface area (Å²) in [6.45, 7) is 5.02. The van der Waals surface area contributed by atoms with Gasteiger partial charge in [0.15, 0.2) is 0 Å². The van der Waals surface area contributed by atoms with Crippen molar-refractivity contribution in [2.24, 2.45) is 5.73 Å². The number of hydrogen-bond donors (Lipinski definition) is 1. The van der Waals surface area contributed by atoms with Gasteiger partial charge in [0.2, 0.25) is 0 Å². The van der Waals surface area contributed by atoms with Gasteiger partial charge in [-0.25, -0.2) is 0 Å². The van der Waals surface area contributed by atoms with Crippen LogP contribution in [0.4, 0.5) is 0 Å². The van der Waals surface area contributed by atoms with Crippen LogP contribution < -0.4 is 5.73 Å². The first-order valence-electron chi connectivity index (χ1n) is 6.10. The van der Waals surface area contributed by atoms with Crippen LogP contribution in [0.1, 0.15) is 30.9 Å². The van der Waals surface area contributed by atoms with Crippen LogP contribution in [-0.2, 0) is 6.54 Å². The highest BCUT2D eigenvalue weighted by Gasteiger charge is 2.01. The smallest absolute Gasteiger partial charge is 0.0178 e. The average Bonchev–Trinajstić information content (AvgIpc) is 2.39. The van der Waals surface area contributed by atoms with E-state index in [0.29, 0.717) is 12.5 Å². The van der Waals surface area contributed by atoms with Gasteiger partial charge in [0.25, 0.3) is 0 Å². The third-order valence-corrected chi connectivity index (χ3v) is 3.07. The van der Waals surface area contributed by atoms with Crippen molar-refractivity contribution in [3.8, 4) is 11.1 Å². The molecule has 0 aliphatic heterocycles. The molecular weight excluding hydrogens is 206 g/mol. The molecule has 0 aromatic heterocycles. The molecule has 0 fully saturated rings. The molecule has 0 atom stereocenters. The van der Waals surface area contributed by atoms with E-state index < -0.39 is 0 Å². The summed E-state index contributed by atoms with van der Waals surface area (Å²) in [5, 5.41) is 0. The number of rotatable bonds is 3. The first-order valence-corrected chi connectivity index (χ1v) is 6.10. The summed E-state index contributed by atoms with van der Waals surface area (Å²) in [6.07, 6.45) is 0. The lowest BCUT2D eigenvalue weighted by Crippen LogP contribution is -1.95. The van der Waals surface area contributed by atoms with E-state index in [1.165, 1.54) is 22.3 Å². The van der Waals surface area contributed by atoms with Gasteiger partial charge >= 0.3 is 0 Å². The molecule has 88 valence electrons. The fourth-order valence-corrected chi connectivity index (χ4v) is 1.94. The van der Waals surface area contributed by atoms with E-state index in [9.17, 15) is 0 Å². The molecule has 2 rings (SSSR count). The molecule has 2 aromatic carbocycles. The van der Waals surface area contributed by atoms with Crippen LogP contribution in [0, 0.1) is 0 Å². The second-order valence-electron chi connectivity index (χ2n) is 4.68. The molecule has 0 saturated heterocycles. The van der Waals surface area contributed by atoms with Gasteiger partial charge in [-0.05, 0) is 34.2 Å². The Morgan fingerprint density at radius 1 is 0.941 bits per heavy atom. The van der Waals surface area contributed by atoms with Crippen LogP contribution in [0.5, 0.6) is 0 Å². The lowest BCUT2D eigenvalue weighted by Gasteiger charge is -2.08. The lowest BCUT2D eigenvalue weighted by atomic mass is 9.98. The van der Waals surface area contributed by atoms with Gasteiger partial charge in [-0.1, -0.05) is 56.3 Å². The van der Waals surface area contributed by atoms with Crippen LogP contribution in [0.15, 0.2) is 48.5 Å². The van der Waals surface area contributed by atoms with E-state index >= 15 is 0 Å². The Labute approximate surface area is 103 Å². The summed E-state index contributed by atoms with van der Waals surface area (Å²) in [5.74, 6) is 0.583. The first kappa shape index (κ1) is 11.9. The Morgan fingerprint density at radius 3 is 2.24 bits per heavy atom. The third-order valence-electron chi connectivity index (χ3n) is 3.07. The maximum absolute atomic E-state index is 5.66. The lowest BCUT2D eigenvalue weighted by molar-refractivity contribution is 0.867.